The molecule has 1 aromatic carbocycles. The third-order valence-electron chi connectivity index (χ3n) is 3.34. The van der Waals surface area contributed by atoms with Gasteiger partial charge in [0.15, 0.2) is 0 Å². The van der Waals surface area contributed by atoms with Crippen LogP contribution >= 0.6 is 0 Å². The molecule has 0 saturated carbocycles. The lowest BCUT2D eigenvalue weighted by atomic mass is 9.98. The van der Waals surface area contributed by atoms with E-state index in [-0.39, 0.29) is 0 Å². The molecule has 0 saturated heterocycles. The first kappa shape index (κ1) is 22.7. The van der Waals surface area contributed by atoms with Gasteiger partial charge >= 0.3 is 0 Å². The fourth-order valence-electron chi connectivity index (χ4n) is 2.55. The lowest BCUT2D eigenvalue weighted by Crippen LogP contribution is -1.89. The topological polar surface area (TPSA) is 0 Å². The maximum absolute atomic E-state index is 3.80. The van der Waals surface area contributed by atoms with Crippen molar-refractivity contribution in [2.24, 2.45) is 0 Å². The highest BCUT2D eigenvalue weighted by molar-refractivity contribution is 5.88. The van der Waals surface area contributed by atoms with E-state index in [4.69, 9.17) is 0 Å². The van der Waals surface area contributed by atoms with Crippen LogP contribution in [-0.2, 0) is 0 Å². The summed E-state index contributed by atoms with van der Waals surface area (Å²) in [6.07, 6.45) is 6.21. The second-order valence-electron chi connectivity index (χ2n) is 4.37. The zero-order valence-electron chi connectivity index (χ0n) is 16.2. The Hall–Kier alpha value is -1.56. The molecule has 2 rings (SSSR count). The molecule has 0 heterocycles. The van der Waals surface area contributed by atoms with Gasteiger partial charge in [-0.2, -0.15) is 0 Å². The molecule has 1 aromatic rings. The second kappa shape index (κ2) is 13.1. The van der Waals surface area contributed by atoms with Crippen molar-refractivity contribution < 1.29 is 0 Å². The molecule has 0 bridgehead atoms. The molecule has 1 aliphatic carbocycles. The minimum atomic E-state index is 0.506. The summed E-state index contributed by atoms with van der Waals surface area (Å²) in [4.78, 5) is 0. The van der Waals surface area contributed by atoms with Crippen molar-refractivity contribution in [3.63, 3.8) is 0 Å². The summed E-state index contributed by atoms with van der Waals surface area (Å²) < 4.78 is 0. The van der Waals surface area contributed by atoms with Gasteiger partial charge in [-0.3, -0.25) is 0 Å². The highest BCUT2D eigenvalue weighted by atomic mass is 14.3. The van der Waals surface area contributed by atoms with Crippen LogP contribution in [0.3, 0.4) is 0 Å². The molecular weight excluding hydrogens is 264 g/mol. The Bertz CT molecular complexity index is 487. The molecule has 0 heteroatoms. The highest BCUT2D eigenvalue weighted by Crippen LogP contribution is 2.45. The summed E-state index contributed by atoms with van der Waals surface area (Å²) in [5, 5.41) is 0. The third-order valence-corrected chi connectivity index (χ3v) is 3.34. The van der Waals surface area contributed by atoms with Crippen molar-refractivity contribution in [3.8, 4) is 0 Å². The normalized spacial score (nSPS) is 18.1. The van der Waals surface area contributed by atoms with Crippen LogP contribution in [0, 0.1) is 6.92 Å². The van der Waals surface area contributed by atoms with Gasteiger partial charge in [0.05, 0.1) is 0 Å². The molecule has 1 unspecified atom stereocenters. The maximum Gasteiger partial charge on any atom is 0.00701 e. The zero-order chi connectivity index (χ0) is 17.7. The first-order valence-electron chi connectivity index (χ1n) is 8.79. The van der Waals surface area contributed by atoms with E-state index in [2.05, 4.69) is 57.7 Å². The molecule has 0 aromatic heterocycles. The van der Waals surface area contributed by atoms with Gasteiger partial charge < -0.3 is 0 Å². The van der Waals surface area contributed by atoms with E-state index < -0.39 is 0 Å². The highest BCUT2D eigenvalue weighted by Gasteiger charge is 2.26. The number of allylic oxidation sites excluding steroid dienone is 5. The number of aryl methyl sites for hydroxylation is 1. The Morgan fingerprint density at radius 1 is 1.00 bits per heavy atom. The minimum Gasteiger partial charge on any atom is -0.0990 e. The molecule has 0 N–H and O–H groups in total. The van der Waals surface area contributed by atoms with Crippen molar-refractivity contribution in [2.75, 3.05) is 0 Å². The number of fused-ring (bicyclic) bond motifs is 1. The van der Waals surface area contributed by atoms with Crippen LogP contribution in [0.2, 0.25) is 0 Å². The first-order valence-corrected chi connectivity index (χ1v) is 8.79. The molecule has 0 nitrogen and oxygen atoms in total. The van der Waals surface area contributed by atoms with Crippen molar-refractivity contribution in [3.05, 3.63) is 65.3 Å². The van der Waals surface area contributed by atoms with Gasteiger partial charge in [0, 0.05) is 5.92 Å². The van der Waals surface area contributed by atoms with Crippen LogP contribution in [0.4, 0.5) is 0 Å². The molecule has 1 atom stereocenters. The van der Waals surface area contributed by atoms with Crippen LogP contribution in [0.1, 0.15) is 78.0 Å². The van der Waals surface area contributed by atoms with E-state index in [1.807, 2.05) is 47.6 Å². The van der Waals surface area contributed by atoms with Crippen molar-refractivity contribution in [2.45, 2.75) is 68.2 Å². The Balaban J connectivity index is 0. The second-order valence-corrected chi connectivity index (χ2v) is 4.37. The molecular formula is C22H36. The van der Waals surface area contributed by atoms with Gasteiger partial charge in [-0.05, 0) is 36.1 Å². The van der Waals surface area contributed by atoms with Gasteiger partial charge in [-0.15, -0.1) is 0 Å². The predicted octanol–water partition coefficient (Wildman–Crippen LogP) is 7.71. The molecule has 0 radical (unpaired) electrons. The molecule has 124 valence electrons. The molecule has 0 amide bonds. The SMILES string of the molecule is C=C/C=C1\C(=C/C)C(C)c2cc(C)ccc21.CC.CC.CC. The number of rotatable bonds is 1. The largest absolute Gasteiger partial charge is 0.0990 e. The summed E-state index contributed by atoms with van der Waals surface area (Å²) in [6.45, 7) is 22.3. The summed E-state index contributed by atoms with van der Waals surface area (Å²) in [7, 11) is 0. The lowest BCUT2D eigenvalue weighted by Gasteiger charge is -2.06. The number of hydrogen-bond acceptors (Lipinski definition) is 0. The lowest BCUT2D eigenvalue weighted by molar-refractivity contribution is 0.953. The van der Waals surface area contributed by atoms with Crippen LogP contribution in [0.15, 0.2) is 48.6 Å². The van der Waals surface area contributed by atoms with Gasteiger partial charge in [-0.1, -0.05) is 97.0 Å². The van der Waals surface area contributed by atoms with Gasteiger partial charge in [0.1, 0.15) is 0 Å². The minimum absolute atomic E-state index is 0.506. The van der Waals surface area contributed by atoms with Crippen LogP contribution in [0.25, 0.3) is 5.57 Å². The Morgan fingerprint density at radius 2 is 1.55 bits per heavy atom. The summed E-state index contributed by atoms with van der Waals surface area (Å²) in [5.41, 5.74) is 6.90. The maximum atomic E-state index is 3.80. The van der Waals surface area contributed by atoms with Crippen molar-refractivity contribution in [1.82, 2.24) is 0 Å². The molecule has 1 aliphatic rings. The number of benzene rings is 1. The first-order chi connectivity index (χ1) is 10.7. The van der Waals surface area contributed by atoms with Crippen LogP contribution < -0.4 is 0 Å². The van der Waals surface area contributed by atoms with Crippen molar-refractivity contribution in [1.29, 1.82) is 0 Å². The summed E-state index contributed by atoms with van der Waals surface area (Å²) in [5.74, 6) is 0.506. The van der Waals surface area contributed by atoms with Crippen LogP contribution in [-0.4, -0.2) is 0 Å². The molecule has 0 aliphatic heterocycles. The van der Waals surface area contributed by atoms with E-state index >= 15 is 0 Å². The van der Waals surface area contributed by atoms with E-state index in [0.717, 1.165) is 0 Å². The van der Waals surface area contributed by atoms with Gasteiger partial charge in [0.25, 0.3) is 0 Å². The third kappa shape index (κ3) is 5.33. The summed E-state index contributed by atoms with van der Waals surface area (Å²) in [6, 6.07) is 6.71. The van der Waals surface area contributed by atoms with Gasteiger partial charge in [-0.25, -0.2) is 0 Å². The molecule has 22 heavy (non-hydrogen) atoms. The standard InChI is InChI=1S/C16H18.3C2H6/c1-5-7-14-13(6-2)12(4)16-10-11(3)8-9-15(14)16;3*1-2/h5-10,12H,1H2,2-4H3;3*1-2H3/b13-6-,14-7+;;;. The van der Waals surface area contributed by atoms with E-state index in [9.17, 15) is 0 Å². The van der Waals surface area contributed by atoms with Gasteiger partial charge in [0.2, 0.25) is 0 Å². The van der Waals surface area contributed by atoms with E-state index in [0.29, 0.717) is 5.92 Å². The smallest absolute Gasteiger partial charge is 0.00701 e. The fourth-order valence-corrected chi connectivity index (χ4v) is 2.55. The monoisotopic (exact) mass is 300 g/mol. The average molecular weight is 301 g/mol. The number of hydrogen-bond donors (Lipinski definition) is 0. The van der Waals surface area contributed by atoms with Crippen molar-refractivity contribution >= 4 is 5.57 Å². The predicted molar refractivity (Wildman–Crippen MR) is 106 cm³/mol. The molecule has 0 fully saturated rings. The quantitative estimate of drug-likeness (QED) is 0.498. The Labute approximate surface area is 139 Å². The average Bonchev–Trinajstić information content (AvgIpc) is 2.85. The Morgan fingerprint density at radius 3 is 2.00 bits per heavy atom. The van der Waals surface area contributed by atoms with Crippen LogP contribution in [0.5, 0.6) is 0 Å². The van der Waals surface area contributed by atoms with E-state index in [1.165, 1.54) is 27.8 Å². The Kier molecular flexibility index (Phi) is 13.6. The van der Waals surface area contributed by atoms with E-state index in [1.54, 1.807) is 0 Å². The fraction of sp³-hybridized carbons (Fsp3) is 0.455. The summed E-state index contributed by atoms with van der Waals surface area (Å²) >= 11 is 0. The zero-order valence-corrected chi connectivity index (χ0v) is 16.2. The molecule has 0 spiro atoms.